The number of halogens is 2. The van der Waals surface area contributed by atoms with Crippen molar-refractivity contribution >= 4 is 34.2 Å². The standard InChI is InChI=1S/C24H48ClIO9/c25-5-8-28-10-12-30-14-16-32-18-20-34-22-24-35-23-21-33-19-17-31-15-13-29-11-9-27-7-4-2-1-3-6-26/h1-24H2. The molecule has 0 aliphatic carbocycles. The van der Waals surface area contributed by atoms with Crippen LogP contribution >= 0.6 is 34.2 Å². The van der Waals surface area contributed by atoms with Crippen LogP contribution < -0.4 is 0 Å². The van der Waals surface area contributed by atoms with Crippen LogP contribution in [0.1, 0.15) is 25.7 Å². The van der Waals surface area contributed by atoms with Gasteiger partial charge in [-0.1, -0.05) is 35.4 Å². The molecule has 35 heavy (non-hydrogen) atoms. The third-order valence-corrected chi connectivity index (χ3v) is 5.29. The van der Waals surface area contributed by atoms with Crippen LogP contribution in [0, 0.1) is 0 Å². The molecule has 0 saturated carbocycles. The molecular weight excluding hydrogens is 595 g/mol. The van der Waals surface area contributed by atoms with E-state index in [2.05, 4.69) is 22.6 Å². The number of alkyl halides is 2. The lowest BCUT2D eigenvalue weighted by Crippen LogP contribution is -2.15. The Morgan fingerprint density at radius 3 is 0.857 bits per heavy atom. The van der Waals surface area contributed by atoms with Gasteiger partial charge < -0.3 is 42.6 Å². The first-order valence-corrected chi connectivity index (χ1v) is 14.8. The van der Waals surface area contributed by atoms with Gasteiger partial charge in [0, 0.05) is 12.5 Å². The van der Waals surface area contributed by atoms with E-state index in [1.54, 1.807) is 0 Å². The average molecular weight is 643 g/mol. The number of ether oxygens (including phenoxy) is 9. The van der Waals surface area contributed by atoms with Crippen LogP contribution in [0.3, 0.4) is 0 Å². The molecule has 0 aliphatic heterocycles. The molecule has 0 aromatic rings. The first-order chi connectivity index (χ1) is 17.4. The summed E-state index contributed by atoms with van der Waals surface area (Å²) in [5.74, 6) is 0.505. The van der Waals surface area contributed by atoms with Gasteiger partial charge in [-0.05, 0) is 17.3 Å². The van der Waals surface area contributed by atoms with E-state index in [4.69, 9.17) is 54.2 Å². The van der Waals surface area contributed by atoms with Crippen LogP contribution in [-0.4, -0.2) is 129 Å². The van der Waals surface area contributed by atoms with Gasteiger partial charge in [0.2, 0.25) is 0 Å². The summed E-state index contributed by atoms with van der Waals surface area (Å²) in [5, 5.41) is 0. The van der Waals surface area contributed by atoms with Crippen molar-refractivity contribution in [3.8, 4) is 0 Å². The van der Waals surface area contributed by atoms with E-state index >= 15 is 0 Å². The van der Waals surface area contributed by atoms with Gasteiger partial charge in [-0.15, -0.1) is 11.6 Å². The van der Waals surface area contributed by atoms with Crippen molar-refractivity contribution in [3.05, 3.63) is 0 Å². The largest absolute Gasteiger partial charge is 0.379 e. The molecule has 212 valence electrons. The lowest BCUT2D eigenvalue weighted by molar-refractivity contribution is -0.0248. The Kier molecular flexibility index (Phi) is 35.3. The second-order valence-electron chi connectivity index (χ2n) is 7.30. The van der Waals surface area contributed by atoms with E-state index in [1.807, 2.05) is 0 Å². The average Bonchev–Trinajstić information content (AvgIpc) is 2.87. The van der Waals surface area contributed by atoms with E-state index in [9.17, 15) is 0 Å². The molecule has 0 unspecified atom stereocenters. The first-order valence-electron chi connectivity index (χ1n) is 12.7. The highest BCUT2D eigenvalue weighted by molar-refractivity contribution is 14.1. The van der Waals surface area contributed by atoms with Crippen LogP contribution in [0.2, 0.25) is 0 Å². The summed E-state index contributed by atoms with van der Waals surface area (Å²) in [6.07, 6.45) is 5.00. The first kappa shape index (κ1) is 35.7. The maximum atomic E-state index is 5.54. The fraction of sp³-hybridized carbons (Fsp3) is 1.00. The summed E-state index contributed by atoms with van der Waals surface area (Å²) in [4.78, 5) is 0. The molecule has 0 aromatic heterocycles. The fourth-order valence-electron chi connectivity index (χ4n) is 2.57. The molecule has 0 spiro atoms. The highest BCUT2D eigenvalue weighted by atomic mass is 127. The van der Waals surface area contributed by atoms with Crippen molar-refractivity contribution in [2.24, 2.45) is 0 Å². The number of rotatable bonds is 32. The van der Waals surface area contributed by atoms with Gasteiger partial charge in [-0.3, -0.25) is 0 Å². The summed E-state index contributed by atoms with van der Waals surface area (Å²) in [6, 6.07) is 0. The quantitative estimate of drug-likeness (QED) is 0.0623. The summed E-state index contributed by atoms with van der Waals surface area (Å²) < 4.78 is 50.0. The third-order valence-electron chi connectivity index (χ3n) is 4.37. The third kappa shape index (κ3) is 34.7. The van der Waals surface area contributed by atoms with Gasteiger partial charge in [0.05, 0.1) is 112 Å². The van der Waals surface area contributed by atoms with E-state index in [-0.39, 0.29) is 0 Å². The monoisotopic (exact) mass is 642 g/mol. The second-order valence-corrected chi connectivity index (χ2v) is 8.76. The van der Waals surface area contributed by atoms with Crippen molar-refractivity contribution in [2.45, 2.75) is 25.7 Å². The molecule has 9 nitrogen and oxygen atoms in total. The van der Waals surface area contributed by atoms with Crippen molar-refractivity contribution in [1.29, 1.82) is 0 Å². The van der Waals surface area contributed by atoms with Crippen LogP contribution in [0.25, 0.3) is 0 Å². The molecule has 0 atom stereocenters. The van der Waals surface area contributed by atoms with Gasteiger partial charge in [-0.25, -0.2) is 0 Å². The molecule has 0 fully saturated rings. The molecule has 0 bridgehead atoms. The van der Waals surface area contributed by atoms with Crippen LogP contribution in [-0.2, 0) is 42.6 Å². The molecule has 0 rings (SSSR count). The predicted molar refractivity (Wildman–Crippen MR) is 145 cm³/mol. The Bertz CT molecular complexity index is 342. The zero-order valence-electron chi connectivity index (χ0n) is 21.4. The maximum absolute atomic E-state index is 5.54. The smallest absolute Gasteiger partial charge is 0.0701 e. The second kappa shape index (κ2) is 34.7. The Hall–Kier alpha value is 0.660. The Balaban J connectivity index is 3.00. The number of hydrogen-bond acceptors (Lipinski definition) is 9. The minimum absolute atomic E-state index is 0.505. The molecule has 0 saturated heterocycles. The summed E-state index contributed by atoms with van der Waals surface area (Å²) in [7, 11) is 0. The van der Waals surface area contributed by atoms with Crippen LogP contribution in [0.4, 0.5) is 0 Å². The van der Waals surface area contributed by atoms with Crippen molar-refractivity contribution in [3.63, 3.8) is 0 Å². The zero-order valence-corrected chi connectivity index (χ0v) is 24.3. The Morgan fingerprint density at radius 1 is 0.314 bits per heavy atom. The predicted octanol–water partition coefficient (Wildman–Crippen LogP) is 3.37. The zero-order chi connectivity index (χ0) is 25.3. The van der Waals surface area contributed by atoms with Crippen molar-refractivity contribution in [1.82, 2.24) is 0 Å². The van der Waals surface area contributed by atoms with Crippen LogP contribution in [0.5, 0.6) is 0 Å². The Morgan fingerprint density at radius 2 is 0.571 bits per heavy atom. The van der Waals surface area contributed by atoms with E-state index < -0.39 is 0 Å². The number of hydrogen-bond donors (Lipinski definition) is 0. The molecule has 0 heterocycles. The van der Waals surface area contributed by atoms with E-state index in [0.29, 0.717) is 118 Å². The van der Waals surface area contributed by atoms with E-state index in [1.165, 1.54) is 23.7 Å². The normalized spacial score (nSPS) is 11.5. The lowest BCUT2D eigenvalue weighted by atomic mass is 10.2. The number of unbranched alkanes of at least 4 members (excludes halogenated alkanes) is 3. The highest BCUT2D eigenvalue weighted by Gasteiger charge is 1.96. The highest BCUT2D eigenvalue weighted by Crippen LogP contribution is 2.02. The minimum atomic E-state index is 0.505. The van der Waals surface area contributed by atoms with Gasteiger partial charge in [-0.2, -0.15) is 0 Å². The van der Waals surface area contributed by atoms with Gasteiger partial charge in [0.15, 0.2) is 0 Å². The topological polar surface area (TPSA) is 83.1 Å². The Labute approximate surface area is 231 Å². The molecule has 11 heteroatoms. The maximum Gasteiger partial charge on any atom is 0.0701 e. The molecular formula is C24H48ClIO9. The molecule has 0 aliphatic rings. The van der Waals surface area contributed by atoms with E-state index in [0.717, 1.165) is 13.0 Å². The summed E-state index contributed by atoms with van der Waals surface area (Å²) in [5.41, 5.74) is 0. The van der Waals surface area contributed by atoms with Gasteiger partial charge in [0.1, 0.15) is 0 Å². The summed E-state index contributed by atoms with van der Waals surface area (Å²) >= 11 is 7.92. The van der Waals surface area contributed by atoms with Crippen molar-refractivity contribution < 1.29 is 42.6 Å². The molecule has 0 N–H and O–H groups in total. The molecule has 0 aromatic carbocycles. The minimum Gasteiger partial charge on any atom is -0.379 e. The lowest BCUT2D eigenvalue weighted by Gasteiger charge is -2.09. The van der Waals surface area contributed by atoms with Gasteiger partial charge >= 0.3 is 0 Å². The van der Waals surface area contributed by atoms with Gasteiger partial charge in [0.25, 0.3) is 0 Å². The molecule has 0 amide bonds. The van der Waals surface area contributed by atoms with Crippen LogP contribution in [0.15, 0.2) is 0 Å². The fourth-order valence-corrected chi connectivity index (χ4v) is 3.22. The SMILES string of the molecule is ClCCOCCOCCOCCOCCOCCOCCOCCOCCOCCCCCCI. The van der Waals surface area contributed by atoms with Crippen molar-refractivity contribution in [2.75, 3.05) is 129 Å². The summed E-state index contributed by atoms with van der Waals surface area (Å²) in [6.45, 7) is 10.3. The molecule has 0 radical (unpaired) electrons.